The number of carbonyl (C=O) groups excluding carboxylic acids is 1. The minimum atomic E-state index is -0.430. The number of aryl methyl sites for hydroxylation is 1. The minimum absolute atomic E-state index is 0.0117. The van der Waals surface area contributed by atoms with Crippen LogP contribution in [-0.2, 0) is 0 Å². The predicted molar refractivity (Wildman–Crippen MR) is 58.8 cm³/mol. The first-order valence-corrected chi connectivity index (χ1v) is 5.14. The molecule has 0 saturated carbocycles. The Labute approximate surface area is 98.8 Å². The zero-order valence-corrected chi connectivity index (χ0v) is 9.82. The van der Waals surface area contributed by atoms with Crippen LogP contribution in [0.1, 0.15) is 16.3 Å². The molecule has 0 saturated heterocycles. The third-order valence-corrected chi connectivity index (χ3v) is 2.29. The van der Waals surface area contributed by atoms with Gasteiger partial charge in [-0.1, -0.05) is 0 Å². The predicted octanol–water partition coefficient (Wildman–Crippen LogP) is 0.918. The summed E-state index contributed by atoms with van der Waals surface area (Å²) in [4.78, 5) is 15.7. The average molecular weight is 283 g/mol. The van der Waals surface area contributed by atoms with E-state index in [1.807, 2.05) is 0 Å². The summed E-state index contributed by atoms with van der Waals surface area (Å²) >= 11 is 3.24. The lowest BCUT2D eigenvalue weighted by Crippen LogP contribution is -2.15. The van der Waals surface area contributed by atoms with E-state index < -0.39 is 5.91 Å². The van der Waals surface area contributed by atoms with Crippen molar-refractivity contribution in [2.24, 2.45) is 0 Å². The van der Waals surface area contributed by atoms with Crippen LogP contribution in [0.25, 0.3) is 0 Å². The number of H-pyrrole nitrogens is 1. The van der Waals surface area contributed by atoms with Gasteiger partial charge in [-0.15, -0.1) is 10.2 Å². The number of tetrazole rings is 1. The van der Waals surface area contributed by atoms with E-state index in [1.165, 1.54) is 0 Å². The second-order valence-corrected chi connectivity index (χ2v) is 3.77. The number of hydrogen-bond acceptors (Lipinski definition) is 5. The molecule has 0 aliphatic heterocycles. The maximum Gasteiger partial charge on any atom is 0.297 e. The molecule has 0 radical (unpaired) electrons. The third-order valence-electron chi connectivity index (χ3n) is 1.85. The SMILES string of the molecule is Cc1nc(Br)ccc1NC(=O)c1nn[nH]n1. The van der Waals surface area contributed by atoms with Gasteiger partial charge in [0.2, 0.25) is 0 Å². The van der Waals surface area contributed by atoms with Crippen LogP contribution < -0.4 is 5.32 Å². The summed E-state index contributed by atoms with van der Waals surface area (Å²) in [5.74, 6) is -0.441. The van der Waals surface area contributed by atoms with Crippen LogP contribution in [0.2, 0.25) is 0 Å². The van der Waals surface area contributed by atoms with E-state index in [2.05, 4.69) is 46.9 Å². The Bertz CT molecular complexity index is 511. The molecule has 0 aliphatic carbocycles. The van der Waals surface area contributed by atoms with Crippen molar-refractivity contribution < 1.29 is 4.79 Å². The lowest BCUT2D eigenvalue weighted by molar-refractivity contribution is 0.101. The normalized spacial score (nSPS) is 10.1. The summed E-state index contributed by atoms with van der Waals surface area (Å²) in [5.41, 5.74) is 1.31. The fraction of sp³-hybridized carbons (Fsp3) is 0.125. The summed E-state index contributed by atoms with van der Waals surface area (Å²) in [6.45, 7) is 1.79. The third kappa shape index (κ3) is 2.22. The number of pyridine rings is 1. The molecule has 0 spiro atoms. The quantitative estimate of drug-likeness (QED) is 0.799. The van der Waals surface area contributed by atoms with Crippen LogP contribution in [0.15, 0.2) is 16.7 Å². The topological polar surface area (TPSA) is 96.5 Å². The molecule has 2 aromatic heterocycles. The molecule has 2 N–H and O–H groups in total. The number of rotatable bonds is 2. The molecule has 82 valence electrons. The molecule has 2 aromatic rings. The van der Waals surface area contributed by atoms with Crippen LogP contribution in [0.5, 0.6) is 0 Å². The van der Waals surface area contributed by atoms with E-state index in [0.717, 1.165) is 0 Å². The molecule has 16 heavy (non-hydrogen) atoms. The highest BCUT2D eigenvalue weighted by Crippen LogP contribution is 2.16. The van der Waals surface area contributed by atoms with Crippen molar-refractivity contribution in [3.8, 4) is 0 Å². The Hall–Kier alpha value is -1.83. The van der Waals surface area contributed by atoms with Gasteiger partial charge in [-0.25, -0.2) is 4.98 Å². The Kier molecular flexibility index (Phi) is 2.91. The molecule has 0 unspecified atom stereocenters. The van der Waals surface area contributed by atoms with Gasteiger partial charge in [0.25, 0.3) is 11.7 Å². The van der Waals surface area contributed by atoms with Crippen LogP contribution in [0.4, 0.5) is 5.69 Å². The zero-order chi connectivity index (χ0) is 11.5. The summed E-state index contributed by atoms with van der Waals surface area (Å²) in [5, 5.41) is 15.3. The molecule has 1 amide bonds. The van der Waals surface area contributed by atoms with Crippen molar-refractivity contribution in [1.82, 2.24) is 25.6 Å². The molecule has 0 aromatic carbocycles. The van der Waals surface area contributed by atoms with E-state index >= 15 is 0 Å². The number of nitrogens with one attached hydrogen (secondary N) is 2. The summed E-state index contributed by atoms with van der Waals surface area (Å²) in [7, 11) is 0. The van der Waals surface area contributed by atoms with Crippen molar-refractivity contribution >= 4 is 27.5 Å². The standard InChI is InChI=1S/C8H7BrN6O/c1-4-5(2-3-6(9)10-4)11-8(16)7-12-14-15-13-7/h2-3H,1H3,(H,11,16)(H,12,13,14,15). The Morgan fingerprint density at radius 1 is 1.50 bits per heavy atom. The maximum absolute atomic E-state index is 11.6. The van der Waals surface area contributed by atoms with Gasteiger partial charge in [-0.3, -0.25) is 4.79 Å². The first kappa shape index (κ1) is 10.7. The largest absolute Gasteiger partial charge is 0.317 e. The highest BCUT2D eigenvalue weighted by atomic mass is 79.9. The van der Waals surface area contributed by atoms with Crippen LogP contribution >= 0.6 is 15.9 Å². The van der Waals surface area contributed by atoms with Gasteiger partial charge >= 0.3 is 0 Å². The Balaban J connectivity index is 2.18. The van der Waals surface area contributed by atoms with E-state index in [4.69, 9.17) is 0 Å². The van der Waals surface area contributed by atoms with Crippen LogP contribution in [-0.4, -0.2) is 31.5 Å². The molecule has 2 rings (SSSR count). The molecule has 0 fully saturated rings. The number of halogens is 1. The lowest BCUT2D eigenvalue weighted by Gasteiger charge is -2.05. The number of hydrogen-bond donors (Lipinski definition) is 2. The Morgan fingerprint density at radius 2 is 2.31 bits per heavy atom. The van der Waals surface area contributed by atoms with E-state index in [9.17, 15) is 4.79 Å². The van der Waals surface area contributed by atoms with Gasteiger partial charge in [0.1, 0.15) is 4.60 Å². The molecule has 8 heteroatoms. The second kappa shape index (κ2) is 4.35. The lowest BCUT2D eigenvalue weighted by atomic mass is 10.3. The second-order valence-electron chi connectivity index (χ2n) is 2.96. The summed E-state index contributed by atoms with van der Waals surface area (Å²) in [6.07, 6.45) is 0. The number of amides is 1. The van der Waals surface area contributed by atoms with Crippen molar-refractivity contribution in [3.05, 3.63) is 28.3 Å². The van der Waals surface area contributed by atoms with Gasteiger partial charge in [0.05, 0.1) is 11.4 Å². The van der Waals surface area contributed by atoms with E-state index in [1.54, 1.807) is 19.1 Å². The van der Waals surface area contributed by atoms with E-state index in [-0.39, 0.29) is 5.82 Å². The van der Waals surface area contributed by atoms with Crippen LogP contribution in [0.3, 0.4) is 0 Å². The fourth-order valence-electron chi connectivity index (χ4n) is 1.10. The van der Waals surface area contributed by atoms with Gasteiger partial charge in [0, 0.05) is 0 Å². The molecule has 0 bridgehead atoms. The highest BCUT2D eigenvalue weighted by Gasteiger charge is 2.12. The maximum atomic E-state index is 11.6. The molecule has 0 aliphatic rings. The van der Waals surface area contributed by atoms with Gasteiger partial charge < -0.3 is 5.32 Å². The number of aromatic nitrogens is 5. The first-order chi connectivity index (χ1) is 7.66. The van der Waals surface area contributed by atoms with Crippen molar-refractivity contribution in [2.75, 3.05) is 5.32 Å². The smallest absolute Gasteiger partial charge is 0.297 e. The molecular weight excluding hydrogens is 276 g/mol. The summed E-state index contributed by atoms with van der Waals surface area (Å²) in [6, 6.07) is 3.48. The van der Waals surface area contributed by atoms with E-state index in [0.29, 0.717) is 16.0 Å². The van der Waals surface area contributed by atoms with Crippen molar-refractivity contribution in [2.45, 2.75) is 6.92 Å². The number of carbonyl (C=O) groups is 1. The van der Waals surface area contributed by atoms with Crippen LogP contribution in [0, 0.1) is 6.92 Å². The van der Waals surface area contributed by atoms with Crippen molar-refractivity contribution in [3.63, 3.8) is 0 Å². The van der Waals surface area contributed by atoms with Gasteiger partial charge in [-0.05, 0) is 40.2 Å². The number of anilines is 1. The molecule has 0 atom stereocenters. The fourth-order valence-corrected chi connectivity index (χ4v) is 1.50. The molecular formula is C8H7BrN6O. The van der Waals surface area contributed by atoms with Crippen molar-refractivity contribution in [1.29, 1.82) is 0 Å². The zero-order valence-electron chi connectivity index (χ0n) is 8.23. The number of nitrogens with zero attached hydrogens (tertiary/aromatic N) is 4. The first-order valence-electron chi connectivity index (χ1n) is 4.35. The molecule has 2 heterocycles. The minimum Gasteiger partial charge on any atom is -0.317 e. The highest BCUT2D eigenvalue weighted by molar-refractivity contribution is 9.10. The van der Waals surface area contributed by atoms with Gasteiger partial charge in [-0.2, -0.15) is 5.21 Å². The number of aromatic amines is 1. The summed E-state index contributed by atoms with van der Waals surface area (Å²) < 4.78 is 0.711. The Morgan fingerprint density at radius 3 is 2.94 bits per heavy atom. The van der Waals surface area contributed by atoms with Gasteiger partial charge in [0.15, 0.2) is 0 Å². The molecule has 7 nitrogen and oxygen atoms in total. The average Bonchev–Trinajstić information content (AvgIpc) is 2.75. The monoisotopic (exact) mass is 282 g/mol.